The monoisotopic (exact) mass is 549 g/mol. The molecule has 1 amide bonds. The Hall–Kier alpha value is -3.01. The molecule has 2 aromatic heterocycles. The number of nitrogens with zero attached hydrogens (tertiary/aromatic N) is 3. The summed E-state index contributed by atoms with van der Waals surface area (Å²) in [5, 5.41) is 2.99. The van der Waals surface area contributed by atoms with Crippen LogP contribution in [0.3, 0.4) is 0 Å². The Bertz CT molecular complexity index is 1330. The minimum Gasteiger partial charge on any atom is -0.494 e. The van der Waals surface area contributed by atoms with Crippen LogP contribution in [-0.2, 0) is 6.54 Å². The minimum atomic E-state index is -0.486. The van der Waals surface area contributed by atoms with E-state index < -0.39 is 5.91 Å². The molecule has 0 aliphatic heterocycles. The molecule has 4 rings (SSSR count). The molecule has 2 heterocycles. The van der Waals surface area contributed by atoms with Gasteiger partial charge < -0.3 is 25.1 Å². The van der Waals surface area contributed by atoms with E-state index in [1.165, 1.54) is 20.5 Å². The average Bonchev–Trinajstić information content (AvgIpc) is 3.17. The van der Waals surface area contributed by atoms with Gasteiger partial charge in [0.2, 0.25) is 0 Å². The Morgan fingerprint density at radius 1 is 1.12 bits per heavy atom. The van der Waals surface area contributed by atoms with Crippen LogP contribution in [0.15, 0.2) is 47.3 Å². The summed E-state index contributed by atoms with van der Waals surface area (Å²) in [7, 11) is 2.89. The van der Waals surface area contributed by atoms with Crippen LogP contribution < -0.4 is 20.5 Å². The molecule has 4 aromatic rings. The van der Waals surface area contributed by atoms with Gasteiger partial charge in [0, 0.05) is 12.7 Å². The second-order valence-electron chi connectivity index (χ2n) is 6.95. The third-order valence-corrected chi connectivity index (χ3v) is 6.44. The van der Waals surface area contributed by atoms with E-state index in [0.29, 0.717) is 22.1 Å². The number of amides is 1. The lowest BCUT2D eigenvalue weighted by molar-refractivity contribution is 0.102. The molecule has 0 aliphatic rings. The summed E-state index contributed by atoms with van der Waals surface area (Å²) in [6.45, 7) is 0.476. The molecule has 0 saturated carbocycles. The molecule has 33 heavy (non-hydrogen) atoms. The number of hydrogen-bond donors (Lipinski definition) is 2. The second kappa shape index (κ2) is 9.46. The third kappa shape index (κ3) is 4.19. The number of methoxy groups -OCH3 is 2. The first-order valence-electron chi connectivity index (χ1n) is 9.60. The van der Waals surface area contributed by atoms with Crippen LogP contribution in [0.1, 0.15) is 15.9 Å². The molecular formula is C22H18BrCl2N5O3. The fourth-order valence-corrected chi connectivity index (χ4v) is 5.12. The maximum atomic E-state index is 13.4. The molecular weight excluding hydrogens is 533 g/mol. The van der Waals surface area contributed by atoms with Crippen molar-refractivity contribution in [2.24, 2.45) is 0 Å². The molecule has 0 aliphatic carbocycles. The SMILES string of the molecule is COc1c(Cl)c(NC(=O)c2cn(Cc3ccccc3)c3c(N)ncnc23)c(Cl)c(OC)c1Br. The van der Waals surface area contributed by atoms with E-state index in [0.717, 1.165) is 5.56 Å². The number of benzene rings is 2. The van der Waals surface area contributed by atoms with Crippen LogP contribution >= 0.6 is 39.1 Å². The number of aromatic nitrogens is 3. The van der Waals surface area contributed by atoms with Gasteiger partial charge in [0.05, 0.1) is 25.5 Å². The summed E-state index contributed by atoms with van der Waals surface area (Å²) < 4.78 is 13.0. The van der Waals surface area contributed by atoms with Gasteiger partial charge in [-0.2, -0.15) is 0 Å². The minimum absolute atomic E-state index is 0.116. The first-order chi connectivity index (χ1) is 15.9. The first-order valence-corrected chi connectivity index (χ1v) is 11.1. The van der Waals surface area contributed by atoms with Crippen molar-refractivity contribution < 1.29 is 14.3 Å². The van der Waals surface area contributed by atoms with E-state index in [-0.39, 0.29) is 38.6 Å². The quantitative estimate of drug-likeness (QED) is 0.333. The van der Waals surface area contributed by atoms with Crippen LogP contribution in [0.5, 0.6) is 11.5 Å². The Morgan fingerprint density at radius 3 is 2.36 bits per heavy atom. The van der Waals surface area contributed by atoms with Crippen LogP contribution in [0.2, 0.25) is 10.0 Å². The molecule has 0 unspecified atom stereocenters. The number of carbonyl (C=O) groups excluding carboxylic acids is 1. The number of nitrogen functional groups attached to an aromatic ring is 1. The highest BCUT2D eigenvalue weighted by Crippen LogP contribution is 2.50. The summed E-state index contributed by atoms with van der Waals surface area (Å²) >= 11 is 16.3. The predicted molar refractivity (Wildman–Crippen MR) is 133 cm³/mol. The molecule has 8 nitrogen and oxygen atoms in total. The first kappa shape index (κ1) is 23.2. The highest BCUT2D eigenvalue weighted by atomic mass is 79.9. The number of anilines is 2. The fourth-order valence-electron chi connectivity index (χ4n) is 3.49. The smallest absolute Gasteiger partial charge is 0.259 e. The van der Waals surface area contributed by atoms with Crippen LogP contribution in [0.25, 0.3) is 11.0 Å². The van der Waals surface area contributed by atoms with Crippen molar-refractivity contribution in [1.29, 1.82) is 0 Å². The van der Waals surface area contributed by atoms with Crippen molar-refractivity contribution in [1.82, 2.24) is 14.5 Å². The normalized spacial score (nSPS) is 10.9. The van der Waals surface area contributed by atoms with Crippen molar-refractivity contribution in [3.8, 4) is 11.5 Å². The van der Waals surface area contributed by atoms with E-state index in [2.05, 4.69) is 31.2 Å². The Balaban J connectivity index is 1.80. The summed E-state index contributed by atoms with van der Waals surface area (Å²) in [4.78, 5) is 21.7. The number of rotatable bonds is 6. The van der Waals surface area contributed by atoms with Gasteiger partial charge in [-0.25, -0.2) is 9.97 Å². The molecule has 2 aromatic carbocycles. The maximum Gasteiger partial charge on any atom is 0.259 e. The molecule has 170 valence electrons. The van der Waals surface area contributed by atoms with Crippen LogP contribution in [0, 0.1) is 0 Å². The molecule has 0 spiro atoms. The van der Waals surface area contributed by atoms with Crippen molar-refractivity contribution >= 4 is 67.6 Å². The second-order valence-corrected chi connectivity index (χ2v) is 8.50. The van der Waals surface area contributed by atoms with Gasteiger partial charge in [-0.3, -0.25) is 4.79 Å². The number of ether oxygens (including phenoxy) is 2. The van der Waals surface area contributed by atoms with Gasteiger partial charge in [-0.15, -0.1) is 0 Å². The molecule has 0 atom stereocenters. The van der Waals surface area contributed by atoms with E-state index in [4.69, 9.17) is 38.4 Å². The van der Waals surface area contributed by atoms with Gasteiger partial charge in [0.1, 0.15) is 31.9 Å². The Kier molecular flexibility index (Phi) is 6.64. The fraction of sp³-hybridized carbons (Fsp3) is 0.136. The number of hydrogen-bond acceptors (Lipinski definition) is 6. The van der Waals surface area contributed by atoms with E-state index in [1.807, 2.05) is 34.9 Å². The number of nitrogens with two attached hydrogens (primary N) is 1. The zero-order valence-electron chi connectivity index (χ0n) is 17.5. The van der Waals surface area contributed by atoms with Gasteiger partial charge in [0.25, 0.3) is 5.91 Å². The zero-order chi connectivity index (χ0) is 23.7. The molecule has 11 heteroatoms. The largest absolute Gasteiger partial charge is 0.494 e. The van der Waals surface area contributed by atoms with Gasteiger partial charge in [-0.05, 0) is 21.5 Å². The predicted octanol–water partition coefficient (Wildman–Crippen LogP) is 5.40. The lowest BCUT2D eigenvalue weighted by Crippen LogP contribution is -2.13. The van der Waals surface area contributed by atoms with Gasteiger partial charge in [0.15, 0.2) is 17.3 Å². The number of nitrogens with one attached hydrogen (secondary N) is 1. The lowest BCUT2D eigenvalue weighted by atomic mass is 10.2. The molecule has 0 saturated heterocycles. The molecule has 0 bridgehead atoms. The summed E-state index contributed by atoms with van der Waals surface area (Å²) in [6.07, 6.45) is 2.99. The van der Waals surface area contributed by atoms with Gasteiger partial charge >= 0.3 is 0 Å². The van der Waals surface area contributed by atoms with Crippen molar-refractivity contribution in [3.63, 3.8) is 0 Å². The molecule has 0 radical (unpaired) electrons. The third-order valence-electron chi connectivity index (χ3n) is 5.00. The lowest BCUT2D eigenvalue weighted by Gasteiger charge is -2.17. The van der Waals surface area contributed by atoms with Crippen LogP contribution in [-0.4, -0.2) is 34.7 Å². The van der Waals surface area contributed by atoms with Crippen molar-refractivity contribution in [2.45, 2.75) is 6.54 Å². The van der Waals surface area contributed by atoms with Crippen LogP contribution in [0.4, 0.5) is 11.5 Å². The number of halogens is 3. The average molecular weight is 551 g/mol. The topological polar surface area (TPSA) is 104 Å². The summed E-state index contributed by atoms with van der Waals surface area (Å²) in [6, 6.07) is 9.76. The Morgan fingerprint density at radius 2 is 1.76 bits per heavy atom. The van der Waals surface area contributed by atoms with E-state index >= 15 is 0 Å². The summed E-state index contributed by atoms with van der Waals surface area (Å²) in [5.74, 6) is 0.316. The zero-order valence-corrected chi connectivity index (χ0v) is 20.6. The maximum absolute atomic E-state index is 13.4. The standard InChI is InChI=1S/C22H18BrCl2N5O3/c1-32-19-13(23)20(33-2)15(25)17(14(19)24)29-22(31)12-9-30(8-11-6-4-3-5-7-11)18-16(12)27-10-28-21(18)26/h3-7,9-10H,8H2,1-2H3,(H,29,31)(H2,26,27,28). The number of fused-ring (bicyclic) bond motifs is 1. The molecule has 3 N–H and O–H groups in total. The number of carbonyl (C=O) groups is 1. The van der Waals surface area contributed by atoms with E-state index in [9.17, 15) is 4.79 Å². The van der Waals surface area contributed by atoms with E-state index in [1.54, 1.807) is 6.20 Å². The highest BCUT2D eigenvalue weighted by Gasteiger charge is 2.26. The Labute approximate surface area is 207 Å². The highest BCUT2D eigenvalue weighted by molar-refractivity contribution is 9.10. The van der Waals surface area contributed by atoms with Crippen molar-refractivity contribution in [2.75, 3.05) is 25.3 Å². The van der Waals surface area contributed by atoms with Crippen molar-refractivity contribution in [3.05, 3.63) is 68.5 Å². The van der Waals surface area contributed by atoms with Gasteiger partial charge in [-0.1, -0.05) is 53.5 Å². The molecule has 0 fully saturated rings. The summed E-state index contributed by atoms with van der Waals surface area (Å²) in [5.41, 5.74) is 8.54.